The average molecular weight is 411 g/mol. The van der Waals surface area contributed by atoms with Crippen LogP contribution in [0.3, 0.4) is 0 Å². The molecule has 0 bridgehead atoms. The van der Waals surface area contributed by atoms with Crippen LogP contribution in [0.2, 0.25) is 0 Å². The summed E-state index contributed by atoms with van der Waals surface area (Å²) >= 11 is 8.48. The number of hydrogen-bond acceptors (Lipinski definition) is 2. The molecule has 2 rings (SSSR count). The maximum Gasteiger partial charge on any atom is 0.127 e. The Labute approximate surface area is 134 Å². The molecule has 1 aromatic carbocycles. The standard InChI is InChI=1S/C13H16ClIN2OS/c1-3-19(18)7-6-17-12-5-4-10(15)8-11(12)16-13(17)9(2)14/h4-5,8-9H,3,6-7H2,1-2H3. The predicted octanol–water partition coefficient (Wildman–Crippen LogP) is 3.71. The Morgan fingerprint density at radius 2 is 2.26 bits per heavy atom. The van der Waals surface area contributed by atoms with E-state index in [1.807, 2.05) is 19.9 Å². The van der Waals surface area contributed by atoms with E-state index >= 15 is 0 Å². The predicted molar refractivity (Wildman–Crippen MR) is 90.3 cm³/mol. The minimum atomic E-state index is -0.774. The summed E-state index contributed by atoms with van der Waals surface area (Å²) in [6.07, 6.45) is 0. The zero-order chi connectivity index (χ0) is 14.0. The van der Waals surface area contributed by atoms with Gasteiger partial charge in [-0.2, -0.15) is 0 Å². The van der Waals surface area contributed by atoms with Crippen molar-refractivity contribution in [3.05, 3.63) is 27.6 Å². The molecule has 104 valence electrons. The summed E-state index contributed by atoms with van der Waals surface area (Å²) in [6.45, 7) is 4.56. The molecule has 19 heavy (non-hydrogen) atoms. The SMILES string of the molecule is CCS(=O)CCn1c(C(C)Cl)nc2cc(I)ccc21. The third kappa shape index (κ3) is 3.49. The Morgan fingerprint density at radius 1 is 1.53 bits per heavy atom. The molecule has 6 heteroatoms. The average Bonchev–Trinajstić information content (AvgIpc) is 2.73. The highest BCUT2D eigenvalue weighted by Crippen LogP contribution is 2.25. The molecule has 0 aliphatic rings. The van der Waals surface area contributed by atoms with Gasteiger partial charge in [-0.05, 0) is 47.7 Å². The van der Waals surface area contributed by atoms with Crippen molar-refractivity contribution in [2.24, 2.45) is 0 Å². The fourth-order valence-corrected chi connectivity index (χ4v) is 3.31. The van der Waals surface area contributed by atoms with Crippen LogP contribution in [-0.4, -0.2) is 25.3 Å². The van der Waals surface area contributed by atoms with Crippen molar-refractivity contribution >= 4 is 56.0 Å². The van der Waals surface area contributed by atoms with Gasteiger partial charge in [-0.15, -0.1) is 11.6 Å². The van der Waals surface area contributed by atoms with Gasteiger partial charge in [0.25, 0.3) is 0 Å². The Bertz CT molecular complexity index is 612. The topological polar surface area (TPSA) is 34.9 Å². The van der Waals surface area contributed by atoms with E-state index in [0.717, 1.165) is 20.4 Å². The summed E-state index contributed by atoms with van der Waals surface area (Å²) in [6, 6.07) is 6.16. The molecule has 2 atom stereocenters. The fourth-order valence-electron chi connectivity index (χ4n) is 2.00. The molecule has 0 saturated carbocycles. The molecule has 0 saturated heterocycles. The summed E-state index contributed by atoms with van der Waals surface area (Å²) in [4.78, 5) is 4.60. The fraction of sp³-hybridized carbons (Fsp3) is 0.462. The highest BCUT2D eigenvalue weighted by Gasteiger charge is 2.15. The van der Waals surface area contributed by atoms with Gasteiger partial charge in [-0.1, -0.05) is 6.92 Å². The van der Waals surface area contributed by atoms with Crippen molar-refractivity contribution in [3.63, 3.8) is 0 Å². The summed E-state index contributed by atoms with van der Waals surface area (Å²) in [7, 11) is -0.774. The molecule has 0 fully saturated rings. The first kappa shape index (κ1) is 15.3. The summed E-state index contributed by atoms with van der Waals surface area (Å²) in [5, 5.41) is -0.153. The second-order valence-corrected chi connectivity index (χ2v) is 8.07. The van der Waals surface area contributed by atoms with E-state index < -0.39 is 10.8 Å². The number of benzene rings is 1. The Balaban J connectivity index is 2.43. The summed E-state index contributed by atoms with van der Waals surface area (Å²) < 4.78 is 14.9. The number of rotatable bonds is 5. The molecule has 0 N–H and O–H groups in total. The largest absolute Gasteiger partial charge is 0.326 e. The lowest BCUT2D eigenvalue weighted by Crippen LogP contribution is -2.12. The molecule has 3 nitrogen and oxygen atoms in total. The first-order valence-corrected chi connectivity index (χ1v) is 9.18. The van der Waals surface area contributed by atoms with Gasteiger partial charge in [-0.25, -0.2) is 4.98 Å². The molecular formula is C13H16ClIN2OS. The van der Waals surface area contributed by atoms with E-state index in [1.54, 1.807) is 0 Å². The summed E-state index contributed by atoms with van der Waals surface area (Å²) in [5.74, 6) is 2.19. The first-order valence-electron chi connectivity index (χ1n) is 6.17. The van der Waals surface area contributed by atoms with Crippen molar-refractivity contribution in [3.8, 4) is 0 Å². The number of nitrogens with zero attached hydrogens (tertiary/aromatic N) is 2. The van der Waals surface area contributed by atoms with E-state index in [-0.39, 0.29) is 5.38 Å². The zero-order valence-corrected chi connectivity index (χ0v) is 14.6. The minimum Gasteiger partial charge on any atom is -0.326 e. The quantitative estimate of drug-likeness (QED) is 0.556. The van der Waals surface area contributed by atoms with Crippen molar-refractivity contribution in [1.29, 1.82) is 0 Å². The molecule has 2 unspecified atom stereocenters. The van der Waals surface area contributed by atoms with Crippen LogP contribution in [0.15, 0.2) is 18.2 Å². The Hall–Kier alpha value is -0.140. The smallest absolute Gasteiger partial charge is 0.127 e. The maximum atomic E-state index is 11.6. The van der Waals surface area contributed by atoms with Crippen LogP contribution >= 0.6 is 34.2 Å². The van der Waals surface area contributed by atoms with Gasteiger partial charge in [0.2, 0.25) is 0 Å². The Kier molecular flexibility index (Phi) is 5.25. The number of halogens is 2. The zero-order valence-electron chi connectivity index (χ0n) is 10.9. The molecule has 0 aliphatic carbocycles. The van der Waals surface area contributed by atoms with Crippen LogP contribution in [0, 0.1) is 3.57 Å². The monoisotopic (exact) mass is 410 g/mol. The van der Waals surface area contributed by atoms with E-state index in [2.05, 4.69) is 44.3 Å². The van der Waals surface area contributed by atoms with Crippen LogP contribution in [0.25, 0.3) is 11.0 Å². The highest BCUT2D eigenvalue weighted by atomic mass is 127. The minimum absolute atomic E-state index is 0.153. The van der Waals surface area contributed by atoms with E-state index in [9.17, 15) is 4.21 Å². The van der Waals surface area contributed by atoms with Crippen LogP contribution in [0.4, 0.5) is 0 Å². The second-order valence-electron chi connectivity index (χ2n) is 4.30. The maximum absolute atomic E-state index is 11.6. The van der Waals surface area contributed by atoms with Crippen LogP contribution < -0.4 is 0 Å². The van der Waals surface area contributed by atoms with E-state index in [0.29, 0.717) is 18.1 Å². The van der Waals surface area contributed by atoms with Crippen molar-refractivity contribution in [1.82, 2.24) is 9.55 Å². The second kappa shape index (κ2) is 6.54. The van der Waals surface area contributed by atoms with Crippen LogP contribution in [0.1, 0.15) is 25.0 Å². The van der Waals surface area contributed by atoms with Gasteiger partial charge < -0.3 is 4.57 Å². The highest BCUT2D eigenvalue weighted by molar-refractivity contribution is 14.1. The molecule has 0 spiro atoms. The van der Waals surface area contributed by atoms with Gasteiger partial charge in [0.05, 0.1) is 16.4 Å². The van der Waals surface area contributed by atoms with Gasteiger partial charge in [0, 0.05) is 32.4 Å². The van der Waals surface area contributed by atoms with E-state index in [1.165, 1.54) is 0 Å². The Morgan fingerprint density at radius 3 is 2.89 bits per heavy atom. The molecule has 1 heterocycles. The molecule has 0 amide bonds. The van der Waals surface area contributed by atoms with Crippen LogP contribution in [0.5, 0.6) is 0 Å². The third-order valence-corrected chi connectivity index (χ3v) is 5.11. The number of imidazole rings is 1. The molecule has 1 aromatic heterocycles. The molecule has 0 aliphatic heterocycles. The number of aryl methyl sites for hydroxylation is 1. The number of hydrogen-bond donors (Lipinski definition) is 0. The lowest BCUT2D eigenvalue weighted by molar-refractivity contribution is 0.669. The van der Waals surface area contributed by atoms with Gasteiger partial charge in [0.15, 0.2) is 0 Å². The van der Waals surface area contributed by atoms with Gasteiger partial charge >= 0.3 is 0 Å². The molecule has 0 radical (unpaired) electrons. The van der Waals surface area contributed by atoms with Gasteiger partial charge in [-0.3, -0.25) is 4.21 Å². The number of fused-ring (bicyclic) bond motifs is 1. The number of aromatic nitrogens is 2. The molecular weight excluding hydrogens is 395 g/mol. The molecule has 2 aromatic rings. The van der Waals surface area contributed by atoms with Crippen molar-refractivity contribution < 1.29 is 4.21 Å². The van der Waals surface area contributed by atoms with Crippen molar-refractivity contribution in [2.75, 3.05) is 11.5 Å². The lowest BCUT2D eigenvalue weighted by Gasteiger charge is -2.10. The lowest BCUT2D eigenvalue weighted by atomic mass is 10.3. The van der Waals surface area contributed by atoms with Crippen LogP contribution in [-0.2, 0) is 17.3 Å². The number of alkyl halides is 1. The summed E-state index contributed by atoms with van der Waals surface area (Å²) in [5.41, 5.74) is 2.02. The van der Waals surface area contributed by atoms with Gasteiger partial charge in [0.1, 0.15) is 5.82 Å². The first-order chi connectivity index (χ1) is 9.02. The third-order valence-electron chi connectivity index (χ3n) is 2.96. The normalized spacial score (nSPS) is 14.7. The van der Waals surface area contributed by atoms with E-state index in [4.69, 9.17) is 11.6 Å². The van der Waals surface area contributed by atoms with Crippen molar-refractivity contribution in [2.45, 2.75) is 25.8 Å².